The number of hydrogen-bond donors (Lipinski definition) is 0. The molecule has 1 amide bonds. The highest BCUT2D eigenvalue weighted by molar-refractivity contribution is 5.91. The van der Waals surface area contributed by atoms with Crippen LogP contribution < -0.4 is 0 Å². The molecule has 5 heteroatoms. The van der Waals surface area contributed by atoms with E-state index in [1.165, 1.54) is 11.0 Å². The minimum absolute atomic E-state index is 0.104. The van der Waals surface area contributed by atoms with Crippen LogP contribution in [0.4, 0.5) is 0 Å². The number of rotatable bonds is 4. The molecule has 0 bridgehead atoms. The van der Waals surface area contributed by atoms with E-state index in [2.05, 4.69) is 5.10 Å². The third-order valence-corrected chi connectivity index (χ3v) is 2.89. The molecular formula is C13H18N4O. The molecule has 0 unspecified atom stereocenters. The van der Waals surface area contributed by atoms with Crippen molar-refractivity contribution in [2.45, 2.75) is 20.3 Å². The Morgan fingerprint density at radius 2 is 2.22 bits per heavy atom. The maximum absolute atomic E-state index is 11.8. The Labute approximate surface area is 107 Å². The van der Waals surface area contributed by atoms with E-state index in [-0.39, 0.29) is 5.91 Å². The third kappa shape index (κ3) is 3.20. The quantitative estimate of drug-likeness (QED) is 0.755. The molecule has 0 aliphatic heterocycles. The van der Waals surface area contributed by atoms with E-state index in [0.29, 0.717) is 13.0 Å². The van der Waals surface area contributed by atoms with Crippen molar-refractivity contribution in [1.82, 2.24) is 14.7 Å². The molecule has 96 valence electrons. The number of hydrogen-bond acceptors (Lipinski definition) is 3. The average Bonchev–Trinajstić information content (AvgIpc) is 2.58. The number of likely N-dealkylation sites (N-methyl/N-ethyl adjacent to an activating group) is 1. The van der Waals surface area contributed by atoms with E-state index in [1.807, 2.05) is 27.0 Å². The van der Waals surface area contributed by atoms with Crippen LogP contribution in [0.1, 0.15) is 23.4 Å². The van der Waals surface area contributed by atoms with Crippen molar-refractivity contribution in [2.75, 3.05) is 13.6 Å². The van der Waals surface area contributed by atoms with Gasteiger partial charge in [0, 0.05) is 38.0 Å². The van der Waals surface area contributed by atoms with Crippen LogP contribution in [0.5, 0.6) is 0 Å². The van der Waals surface area contributed by atoms with Crippen LogP contribution in [0, 0.1) is 25.2 Å². The fourth-order valence-corrected chi connectivity index (χ4v) is 1.64. The van der Waals surface area contributed by atoms with Gasteiger partial charge in [0.1, 0.15) is 0 Å². The lowest BCUT2D eigenvalue weighted by Gasteiger charge is -2.12. The van der Waals surface area contributed by atoms with Crippen LogP contribution in [0.3, 0.4) is 0 Å². The number of aryl methyl sites for hydroxylation is 2. The molecule has 0 aliphatic rings. The van der Waals surface area contributed by atoms with Crippen molar-refractivity contribution in [2.24, 2.45) is 7.05 Å². The van der Waals surface area contributed by atoms with Gasteiger partial charge in [-0.2, -0.15) is 10.4 Å². The molecule has 0 fully saturated rings. The molecule has 0 radical (unpaired) electrons. The van der Waals surface area contributed by atoms with Gasteiger partial charge in [-0.05, 0) is 19.9 Å². The van der Waals surface area contributed by atoms with Crippen molar-refractivity contribution in [3.05, 3.63) is 23.0 Å². The van der Waals surface area contributed by atoms with E-state index in [9.17, 15) is 4.79 Å². The van der Waals surface area contributed by atoms with E-state index in [0.717, 1.165) is 17.0 Å². The van der Waals surface area contributed by atoms with Gasteiger partial charge in [-0.25, -0.2) is 0 Å². The zero-order valence-electron chi connectivity index (χ0n) is 11.3. The van der Waals surface area contributed by atoms with E-state index >= 15 is 0 Å². The van der Waals surface area contributed by atoms with Crippen LogP contribution in [0.15, 0.2) is 6.08 Å². The highest BCUT2D eigenvalue weighted by atomic mass is 16.2. The summed E-state index contributed by atoms with van der Waals surface area (Å²) < 4.78 is 1.79. The van der Waals surface area contributed by atoms with Gasteiger partial charge in [0.25, 0.3) is 0 Å². The monoisotopic (exact) mass is 246 g/mol. The van der Waals surface area contributed by atoms with Gasteiger partial charge in [-0.15, -0.1) is 0 Å². The molecule has 0 atom stereocenters. The van der Waals surface area contributed by atoms with Gasteiger partial charge < -0.3 is 4.90 Å². The van der Waals surface area contributed by atoms with Gasteiger partial charge in [-0.1, -0.05) is 0 Å². The van der Waals surface area contributed by atoms with Crippen LogP contribution >= 0.6 is 0 Å². The lowest BCUT2D eigenvalue weighted by Crippen LogP contribution is -2.25. The van der Waals surface area contributed by atoms with Crippen molar-refractivity contribution >= 4 is 12.0 Å². The van der Waals surface area contributed by atoms with Gasteiger partial charge >= 0.3 is 0 Å². The number of aromatic nitrogens is 2. The topological polar surface area (TPSA) is 61.9 Å². The smallest absolute Gasteiger partial charge is 0.246 e. The number of carbonyl (C=O) groups is 1. The molecule has 0 N–H and O–H groups in total. The maximum atomic E-state index is 11.8. The summed E-state index contributed by atoms with van der Waals surface area (Å²) in [7, 11) is 3.56. The van der Waals surface area contributed by atoms with E-state index < -0.39 is 0 Å². The molecule has 1 rings (SSSR count). The third-order valence-electron chi connectivity index (χ3n) is 2.89. The Morgan fingerprint density at radius 1 is 1.56 bits per heavy atom. The van der Waals surface area contributed by atoms with Gasteiger partial charge in [0.2, 0.25) is 5.91 Å². The first-order valence-corrected chi connectivity index (χ1v) is 5.77. The largest absolute Gasteiger partial charge is 0.341 e. The summed E-state index contributed by atoms with van der Waals surface area (Å²) in [6.45, 7) is 4.32. The lowest BCUT2D eigenvalue weighted by molar-refractivity contribution is -0.124. The normalized spacial score (nSPS) is 10.6. The fourth-order valence-electron chi connectivity index (χ4n) is 1.64. The van der Waals surface area contributed by atoms with Gasteiger partial charge in [-0.3, -0.25) is 9.48 Å². The molecule has 5 nitrogen and oxygen atoms in total. The Bertz CT molecular complexity index is 508. The van der Waals surface area contributed by atoms with Crippen LogP contribution in [0.25, 0.3) is 6.08 Å². The summed E-state index contributed by atoms with van der Waals surface area (Å²) in [5.74, 6) is -0.104. The average molecular weight is 246 g/mol. The molecule has 1 heterocycles. The van der Waals surface area contributed by atoms with Crippen molar-refractivity contribution in [3.63, 3.8) is 0 Å². The van der Waals surface area contributed by atoms with Gasteiger partial charge in [0.15, 0.2) is 0 Å². The van der Waals surface area contributed by atoms with Crippen molar-refractivity contribution in [1.29, 1.82) is 5.26 Å². The molecule has 0 saturated carbocycles. The molecule has 1 aromatic heterocycles. The first kappa shape index (κ1) is 14.0. The zero-order chi connectivity index (χ0) is 13.7. The summed E-state index contributed by atoms with van der Waals surface area (Å²) in [5.41, 5.74) is 2.90. The van der Waals surface area contributed by atoms with E-state index in [1.54, 1.807) is 17.8 Å². The summed E-state index contributed by atoms with van der Waals surface area (Å²) in [4.78, 5) is 13.3. The summed E-state index contributed by atoms with van der Waals surface area (Å²) >= 11 is 0. The van der Waals surface area contributed by atoms with Gasteiger partial charge in [0.05, 0.1) is 18.2 Å². The Hall–Kier alpha value is -2.09. The SMILES string of the molecule is Cc1nn(C)c(C)c1/C=C\C(=O)N(C)CCC#N. The zero-order valence-corrected chi connectivity index (χ0v) is 11.3. The predicted molar refractivity (Wildman–Crippen MR) is 69.6 cm³/mol. The minimum atomic E-state index is -0.104. The second-order valence-corrected chi connectivity index (χ2v) is 4.21. The van der Waals surface area contributed by atoms with Crippen LogP contribution in [0.2, 0.25) is 0 Å². The molecule has 0 spiro atoms. The molecule has 18 heavy (non-hydrogen) atoms. The molecule has 0 aromatic carbocycles. The molecule has 1 aromatic rings. The second-order valence-electron chi connectivity index (χ2n) is 4.21. The maximum Gasteiger partial charge on any atom is 0.246 e. The number of nitriles is 1. The van der Waals surface area contributed by atoms with Crippen molar-refractivity contribution < 1.29 is 4.79 Å². The number of carbonyl (C=O) groups excluding carboxylic acids is 1. The first-order chi connectivity index (χ1) is 8.47. The minimum Gasteiger partial charge on any atom is -0.341 e. The number of amides is 1. The summed E-state index contributed by atoms with van der Waals surface area (Å²) in [6.07, 6.45) is 3.65. The standard InChI is InChI=1S/C13H18N4O/c1-10-12(11(2)17(4)15-10)6-7-13(18)16(3)9-5-8-14/h6-7H,5,9H2,1-4H3/b7-6-. The summed E-state index contributed by atoms with van der Waals surface area (Å²) in [6, 6.07) is 2.02. The molecule has 0 saturated heterocycles. The Morgan fingerprint density at radius 3 is 2.72 bits per heavy atom. The summed E-state index contributed by atoms with van der Waals surface area (Å²) in [5, 5.41) is 12.7. The fraction of sp³-hybridized carbons (Fsp3) is 0.462. The predicted octanol–water partition coefficient (Wildman–Crippen LogP) is 1.42. The van der Waals surface area contributed by atoms with E-state index in [4.69, 9.17) is 5.26 Å². The molecular weight excluding hydrogens is 228 g/mol. The van der Waals surface area contributed by atoms with Crippen LogP contribution in [-0.2, 0) is 11.8 Å². The Kier molecular flexibility index (Phi) is 4.67. The highest BCUT2D eigenvalue weighted by Crippen LogP contribution is 2.13. The Balaban J connectivity index is 2.75. The molecule has 0 aliphatic carbocycles. The first-order valence-electron chi connectivity index (χ1n) is 5.77. The van der Waals surface area contributed by atoms with Crippen molar-refractivity contribution in [3.8, 4) is 6.07 Å². The lowest BCUT2D eigenvalue weighted by atomic mass is 10.2. The van der Waals surface area contributed by atoms with Crippen LogP contribution in [-0.4, -0.2) is 34.2 Å². The highest BCUT2D eigenvalue weighted by Gasteiger charge is 2.08. The number of nitrogens with zero attached hydrogens (tertiary/aromatic N) is 4. The second kappa shape index (κ2) is 6.01.